The van der Waals surface area contributed by atoms with E-state index in [0.29, 0.717) is 0 Å². The number of amides is 1. The molecule has 6 nitrogen and oxygen atoms in total. The second kappa shape index (κ2) is 3.81. The molecule has 96 valence electrons. The number of alkyl halides is 1. The van der Waals surface area contributed by atoms with Gasteiger partial charge in [0.05, 0.1) is 11.2 Å². The fourth-order valence-corrected chi connectivity index (χ4v) is 4.77. The van der Waals surface area contributed by atoms with Crippen molar-refractivity contribution in [2.24, 2.45) is 0 Å². The second-order valence-corrected chi connectivity index (χ2v) is 7.89. The Hall–Kier alpha value is -0.380. The molecule has 0 bridgehead atoms. The first-order valence-electron chi connectivity index (χ1n) is 5.02. The first-order chi connectivity index (χ1) is 7.75. The van der Waals surface area contributed by atoms with E-state index in [9.17, 15) is 18.0 Å². The molecule has 0 unspecified atom stereocenters. The maximum atomic E-state index is 12.1. The van der Waals surface area contributed by atoms with Crippen LogP contribution in [0.4, 0.5) is 0 Å². The van der Waals surface area contributed by atoms with E-state index in [1.54, 1.807) is 0 Å². The Morgan fingerprint density at radius 1 is 1.59 bits per heavy atom. The molecule has 2 heterocycles. The molecule has 0 aromatic heterocycles. The highest BCUT2D eigenvalue weighted by atomic mass is 127. The number of esters is 1. The number of hydrogen-bond acceptors (Lipinski definition) is 5. The zero-order valence-electron chi connectivity index (χ0n) is 9.34. The van der Waals surface area contributed by atoms with Crippen LogP contribution in [-0.4, -0.2) is 46.0 Å². The fraction of sp³-hybridized carbons (Fsp3) is 0.778. The zero-order valence-corrected chi connectivity index (χ0v) is 12.3. The number of ether oxygens (including phenoxy) is 1. The van der Waals surface area contributed by atoms with Crippen molar-refractivity contribution in [3.05, 3.63) is 0 Å². The van der Waals surface area contributed by atoms with Gasteiger partial charge in [-0.05, 0) is 36.4 Å². The van der Waals surface area contributed by atoms with Crippen molar-refractivity contribution in [2.75, 3.05) is 4.61 Å². The molecule has 0 aliphatic carbocycles. The van der Waals surface area contributed by atoms with Gasteiger partial charge in [0, 0.05) is 0 Å². The SMILES string of the molecule is CC1(C)[C@H](C(=O)OCI)N2C(=O)C[C@@H]2S1(=O)=O. The molecule has 0 N–H and O–H groups in total. The van der Waals surface area contributed by atoms with Crippen LogP contribution in [0.2, 0.25) is 0 Å². The molecular formula is C9H12INO5S. The summed E-state index contributed by atoms with van der Waals surface area (Å²) in [5, 5.41) is -0.850. The fourth-order valence-electron chi connectivity index (χ4n) is 2.34. The van der Waals surface area contributed by atoms with Crippen molar-refractivity contribution >= 4 is 44.3 Å². The van der Waals surface area contributed by atoms with E-state index in [1.165, 1.54) is 13.8 Å². The molecule has 0 aromatic rings. The van der Waals surface area contributed by atoms with E-state index in [1.807, 2.05) is 22.6 Å². The highest BCUT2D eigenvalue weighted by molar-refractivity contribution is 14.1. The molecule has 1 amide bonds. The van der Waals surface area contributed by atoms with Crippen LogP contribution in [0, 0.1) is 0 Å². The van der Waals surface area contributed by atoms with Crippen LogP contribution >= 0.6 is 22.6 Å². The summed E-state index contributed by atoms with van der Waals surface area (Å²) in [6.07, 6.45) is -0.0280. The third-order valence-electron chi connectivity index (χ3n) is 3.40. The lowest BCUT2D eigenvalue weighted by molar-refractivity contribution is -0.159. The second-order valence-electron chi connectivity index (χ2n) is 4.58. The van der Waals surface area contributed by atoms with Crippen molar-refractivity contribution in [3.8, 4) is 0 Å². The molecule has 2 rings (SSSR count). The number of carbonyl (C=O) groups excluding carboxylic acids is 2. The summed E-state index contributed by atoms with van der Waals surface area (Å²) < 4.78 is 28.0. The molecular weight excluding hydrogens is 361 g/mol. The van der Waals surface area contributed by atoms with E-state index in [-0.39, 0.29) is 16.9 Å². The lowest BCUT2D eigenvalue weighted by Crippen LogP contribution is -2.57. The van der Waals surface area contributed by atoms with Gasteiger partial charge in [0.15, 0.2) is 9.84 Å². The Morgan fingerprint density at radius 2 is 2.18 bits per heavy atom. The molecule has 8 heteroatoms. The number of halogens is 1. The maximum absolute atomic E-state index is 12.1. The van der Waals surface area contributed by atoms with Gasteiger partial charge in [0.1, 0.15) is 16.0 Å². The van der Waals surface area contributed by atoms with E-state index in [4.69, 9.17) is 4.74 Å². The molecule has 0 radical (unpaired) electrons. The lowest BCUT2D eigenvalue weighted by Gasteiger charge is -2.36. The average molecular weight is 373 g/mol. The van der Waals surface area contributed by atoms with E-state index >= 15 is 0 Å². The third kappa shape index (κ3) is 1.52. The monoisotopic (exact) mass is 373 g/mol. The van der Waals surface area contributed by atoms with Gasteiger partial charge in [0.25, 0.3) is 0 Å². The minimum atomic E-state index is -3.51. The Kier molecular flexibility index (Phi) is 2.92. The smallest absolute Gasteiger partial charge is 0.331 e. The topological polar surface area (TPSA) is 80.8 Å². The van der Waals surface area contributed by atoms with Crippen LogP contribution in [0.5, 0.6) is 0 Å². The first kappa shape index (κ1) is 13.1. The Morgan fingerprint density at radius 3 is 2.65 bits per heavy atom. The minimum absolute atomic E-state index is 0.0280. The van der Waals surface area contributed by atoms with Gasteiger partial charge in [-0.25, -0.2) is 13.2 Å². The summed E-state index contributed by atoms with van der Waals surface area (Å²) in [5.74, 6) is -0.955. The number of hydrogen-bond donors (Lipinski definition) is 0. The van der Waals surface area contributed by atoms with E-state index in [2.05, 4.69) is 0 Å². The molecule has 0 spiro atoms. The molecule has 0 aromatic carbocycles. The molecule has 2 aliphatic rings. The summed E-state index contributed by atoms with van der Waals surface area (Å²) in [6.45, 7) is 2.93. The van der Waals surface area contributed by atoms with Gasteiger partial charge in [-0.15, -0.1) is 0 Å². The summed E-state index contributed by atoms with van der Waals surface area (Å²) in [6, 6.07) is -1.02. The number of sulfone groups is 1. The van der Waals surface area contributed by atoms with Crippen molar-refractivity contribution < 1.29 is 22.7 Å². The van der Waals surface area contributed by atoms with Crippen LogP contribution in [0.25, 0.3) is 0 Å². The van der Waals surface area contributed by atoms with Crippen molar-refractivity contribution in [2.45, 2.75) is 36.4 Å². The molecule has 2 atom stereocenters. The van der Waals surface area contributed by atoms with Crippen LogP contribution in [0.15, 0.2) is 0 Å². The highest BCUT2D eigenvalue weighted by Crippen LogP contribution is 2.45. The molecule has 2 saturated heterocycles. The molecule has 17 heavy (non-hydrogen) atoms. The van der Waals surface area contributed by atoms with Crippen molar-refractivity contribution in [1.29, 1.82) is 0 Å². The molecule has 2 fully saturated rings. The van der Waals surface area contributed by atoms with Gasteiger partial charge in [-0.2, -0.15) is 0 Å². The van der Waals surface area contributed by atoms with Gasteiger partial charge in [-0.3, -0.25) is 4.79 Å². The predicted octanol–water partition coefficient (Wildman–Crippen LogP) is 0.0561. The third-order valence-corrected chi connectivity index (χ3v) is 6.51. The normalized spacial score (nSPS) is 32.9. The number of rotatable bonds is 2. The Labute approximate surface area is 113 Å². The van der Waals surface area contributed by atoms with E-state index in [0.717, 1.165) is 4.90 Å². The highest BCUT2D eigenvalue weighted by Gasteiger charge is 2.68. The van der Waals surface area contributed by atoms with Gasteiger partial charge >= 0.3 is 5.97 Å². The van der Waals surface area contributed by atoms with Gasteiger partial charge in [0.2, 0.25) is 5.91 Å². The Bertz CT molecular complexity index is 486. The maximum Gasteiger partial charge on any atom is 0.331 e. The van der Waals surface area contributed by atoms with Crippen LogP contribution < -0.4 is 0 Å². The van der Waals surface area contributed by atoms with Crippen LogP contribution in [0.3, 0.4) is 0 Å². The lowest BCUT2D eigenvalue weighted by atomic mass is 9.98. The summed E-state index contributed by atoms with van der Waals surface area (Å²) >= 11 is 1.85. The quantitative estimate of drug-likeness (QED) is 0.296. The molecule has 2 aliphatic heterocycles. The van der Waals surface area contributed by atoms with Crippen molar-refractivity contribution in [1.82, 2.24) is 4.90 Å². The van der Waals surface area contributed by atoms with Crippen LogP contribution in [0.1, 0.15) is 20.3 Å². The minimum Gasteiger partial charge on any atom is -0.453 e. The summed E-state index contributed by atoms with van der Waals surface area (Å²) in [4.78, 5) is 24.4. The first-order valence-corrected chi connectivity index (χ1v) is 8.09. The largest absolute Gasteiger partial charge is 0.453 e. The van der Waals surface area contributed by atoms with Crippen LogP contribution in [-0.2, 0) is 24.2 Å². The Balaban J connectivity index is 2.44. The average Bonchev–Trinajstić information content (AvgIpc) is 2.32. The summed E-state index contributed by atoms with van der Waals surface area (Å²) in [5.41, 5.74) is 0. The van der Waals surface area contributed by atoms with Crippen molar-refractivity contribution in [3.63, 3.8) is 0 Å². The van der Waals surface area contributed by atoms with Gasteiger partial charge < -0.3 is 9.64 Å². The molecule has 0 saturated carbocycles. The number of nitrogens with zero attached hydrogens (tertiary/aromatic N) is 1. The number of fused-ring (bicyclic) bond motifs is 1. The van der Waals surface area contributed by atoms with Gasteiger partial charge in [-0.1, -0.05) is 0 Å². The number of β-lactam (4-membered cyclic amide) rings is 1. The van der Waals surface area contributed by atoms with E-state index < -0.39 is 32.0 Å². The number of carbonyl (C=O) groups is 2. The summed E-state index contributed by atoms with van der Waals surface area (Å²) in [7, 11) is -3.51. The zero-order chi connectivity index (χ0) is 13.0. The standard InChI is InChI=1S/C9H12INO5S/c1-9(2)7(8(13)16-4-10)11-5(12)3-6(11)17(9,14)15/h6-7H,3-4H2,1-2H3/t6-,7-/m0/s1. The predicted molar refractivity (Wildman–Crippen MR) is 67.0 cm³/mol.